The second kappa shape index (κ2) is 9.30. The first-order chi connectivity index (χ1) is 17.6. The summed E-state index contributed by atoms with van der Waals surface area (Å²) in [5.74, 6) is 2.01. The van der Waals surface area contributed by atoms with E-state index in [9.17, 15) is 4.79 Å². The van der Waals surface area contributed by atoms with Crippen molar-refractivity contribution in [1.82, 2.24) is 0 Å². The molecule has 6 nitrogen and oxygen atoms in total. The molecule has 4 aromatic rings. The third kappa shape index (κ3) is 3.62. The first kappa shape index (κ1) is 23.3. The van der Waals surface area contributed by atoms with Gasteiger partial charge in [-0.25, -0.2) is 4.79 Å². The van der Waals surface area contributed by atoms with E-state index in [0.29, 0.717) is 22.6 Å². The van der Waals surface area contributed by atoms with Crippen LogP contribution in [0.2, 0.25) is 0 Å². The molecule has 0 aromatic heterocycles. The van der Waals surface area contributed by atoms with Crippen molar-refractivity contribution >= 4 is 22.8 Å². The lowest BCUT2D eigenvalue weighted by atomic mass is 9.82. The van der Waals surface area contributed by atoms with Gasteiger partial charge in [-0.15, -0.1) is 0 Å². The Morgan fingerprint density at radius 3 is 1.78 bits per heavy atom. The summed E-state index contributed by atoms with van der Waals surface area (Å²) in [4.78, 5) is 12.9. The number of ether oxygens (including phenoxy) is 5. The molecule has 0 unspecified atom stereocenters. The van der Waals surface area contributed by atoms with Gasteiger partial charge in [-0.1, -0.05) is 48.5 Å². The minimum absolute atomic E-state index is 0.322. The van der Waals surface area contributed by atoms with Gasteiger partial charge in [0.05, 0.1) is 28.4 Å². The van der Waals surface area contributed by atoms with Crippen LogP contribution in [0.4, 0.5) is 0 Å². The van der Waals surface area contributed by atoms with Gasteiger partial charge in [0.15, 0.2) is 5.60 Å². The van der Waals surface area contributed by atoms with Crippen molar-refractivity contribution in [2.75, 3.05) is 28.4 Å². The second-order valence-electron chi connectivity index (χ2n) is 8.32. The van der Waals surface area contributed by atoms with E-state index in [1.807, 2.05) is 84.9 Å². The molecule has 6 heteroatoms. The third-order valence-corrected chi connectivity index (χ3v) is 6.54. The Labute approximate surface area is 209 Å². The van der Waals surface area contributed by atoms with Gasteiger partial charge >= 0.3 is 5.97 Å². The summed E-state index contributed by atoms with van der Waals surface area (Å²) in [7, 11) is 6.17. The molecule has 0 fully saturated rings. The van der Waals surface area contributed by atoms with Gasteiger partial charge in [-0.3, -0.25) is 0 Å². The molecular formula is C30H26O6. The predicted molar refractivity (Wildman–Crippen MR) is 138 cm³/mol. The van der Waals surface area contributed by atoms with E-state index < -0.39 is 11.6 Å². The van der Waals surface area contributed by atoms with Crippen molar-refractivity contribution in [3.8, 4) is 23.0 Å². The average Bonchev–Trinajstić information content (AvgIpc) is 2.95. The summed E-state index contributed by atoms with van der Waals surface area (Å²) >= 11 is 0. The van der Waals surface area contributed by atoms with Crippen LogP contribution in [0.15, 0.2) is 78.9 Å². The molecular weight excluding hydrogens is 456 g/mol. The maximum Gasteiger partial charge on any atom is 0.342 e. The van der Waals surface area contributed by atoms with Gasteiger partial charge in [0.1, 0.15) is 28.6 Å². The van der Waals surface area contributed by atoms with E-state index >= 15 is 0 Å². The van der Waals surface area contributed by atoms with Crippen LogP contribution >= 0.6 is 0 Å². The standard InChI is InChI=1S/C30H26O6/c1-32-21-13-9-19(10-14-21)30(20-11-15-22(33-2)16-12-20)18-17-25-26(29(31)35-4)28(34-3)24-8-6-5-7-23(24)27(25)36-30/h5-18H,1-4H3. The predicted octanol–water partition coefficient (Wildman–Crippen LogP) is 6.00. The van der Waals surface area contributed by atoms with Crippen LogP contribution in [0.1, 0.15) is 27.0 Å². The molecule has 0 bridgehead atoms. The maximum absolute atomic E-state index is 12.9. The molecule has 0 radical (unpaired) electrons. The molecule has 0 spiro atoms. The number of hydrogen-bond donors (Lipinski definition) is 0. The SMILES string of the molecule is COC(=O)c1c2c(c3ccccc3c1OC)OC(c1ccc(OC)cc1)(c1ccc(OC)cc1)C=C2. The molecule has 182 valence electrons. The molecule has 0 amide bonds. The van der Waals surface area contributed by atoms with Gasteiger partial charge in [-0.05, 0) is 36.4 Å². The normalized spacial score (nSPS) is 13.4. The Balaban J connectivity index is 1.81. The summed E-state index contributed by atoms with van der Waals surface area (Å²) in [5.41, 5.74) is 1.75. The van der Waals surface area contributed by atoms with Crippen molar-refractivity contribution < 1.29 is 28.5 Å². The van der Waals surface area contributed by atoms with Crippen molar-refractivity contribution in [2.24, 2.45) is 0 Å². The first-order valence-corrected chi connectivity index (χ1v) is 11.4. The van der Waals surface area contributed by atoms with Crippen LogP contribution in [0.5, 0.6) is 23.0 Å². The minimum atomic E-state index is -0.976. The molecule has 0 atom stereocenters. The van der Waals surface area contributed by atoms with E-state index in [4.69, 9.17) is 23.7 Å². The highest BCUT2D eigenvalue weighted by atomic mass is 16.5. The van der Waals surface area contributed by atoms with Crippen molar-refractivity contribution in [1.29, 1.82) is 0 Å². The zero-order valence-electron chi connectivity index (χ0n) is 20.5. The number of carbonyl (C=O) groups is 1. The molecule has 0 aliphatic carbocycles. The topological polar surface area (TPSA) is 63.2 Å². The van der Waals surface area contributed by atoms with E-state index in [-0.39, 0.29) is 0 Å². The van der Waals surface area contributed by atoms with Crippen LogP contribution in [-0.2, 0) is 10.3 Å². The third-order valence-electron chi connectivity index (χ3n) is 6.54. The number of methoxy groups -OCH3 is 4. The highest BCUT2D eigenvalue weighted by Crippen LogP contribution is 2.49. The van der Waals surface area contributed by atoms with E-state index in [0.717, 1.165) is 33.4 Å². The summed E-state index contributed by atoms with van der Waals surface area (Å²) in [6.07, 6.45) is 3.87. The van der Waals surface area contributed by atoms with Crippen LogP contribution < -0.4 is 18.9 Å². The Hall–Kier alpha value is -4.45. The molecule has 0 N–H and O–H groups in total. The number of rotatable bonds is 6. The second-order valence-corrected chi connectivity index (χ2v) is 8.32. The molecule has 5 rings (SSSR count). The van der Waals surface area contributed by atoms with Crippen LogP contribution in [-0.4, -0.2) is 34.4 Å². The fraction of sp³-hybridized carbons (Fsp3) is 0.167. The van der Waals surface area contributed by atoms with Gasteiger partial charge in [0.25, 0.3) is 0 Å². The Morgan fingerprint density at radius 1 is 0.722 bits per heavy atom. The number of carbonyl (C=O) groups excluding carboxylic acids is 1. The molecule has 1 heterocycles. The summed E-state index contributed by atoms with van der Waals surface area (Å²) < 4.78 is 28.5. The number of hydrogen-bond acceptors (Lipinski definition) is 6. The Bertz CT molecular complexity index is 1400. The Kier molecular flexibility index (Phi) is 6.02. The van der Waals surface area contributed by atoms with Crippen LogP contribution in [0.25, 0.3) is 16.8 Å². The lowest BCUT2D eigenvalue weighted by Gasteiger charge is -2.37. The van der Waals surface area contributed by atoms with Gasteiger partial charge in [0, 0.05) is 27.5 Å². The van der Waals surface area contributed by atoms with Crippen LogP contribution in [0.3, 0.4) is 0 Å². The average molecular weight is 483 g/mol. The summed E-state index contributed by atoms with van der Waals surface area (Å²) in [6, 6.07) is 23.2. The first-order valence-electron chi connectivity index (χ1n) is 11.4. The van der Waals surface area contributed by atoms with Gasteiger partial charge < -0.3 is 23.7 Å². The lowest BCUT2D eigenvalue weighted by Crippen LogP contribution is -2.34. The quantitative estimate of drug-likeness (QED) is 0.314. The van der Waals surface area contributed by atoms with Crippen LogP contribution in [0, 0.1) is 0 Å². The number of benzene rings is 4. The Morgan fingerprint density at radius 2 is 1.28 bits per heavy atom. The van der Waals surface area contributed by atoms with Crippen molar-refractivity contribution in [3.05, 3.63) is 101 Å². The highest BCUT2D eigenvalue weighted by molar-refractivity contribution is 6.08. The zero-order valence-corrected chi connectivity index (χ0v) is 20.5. The van der Waals surface area contributed by atoms with Crippen molar-refractivity contribution in [2.45, 2.75) is 5.60 Å². The number of esters is 1. The molecule has 1 aliphatic heterocycles. The van der Waals surface area contributed by atoms with Gasteiger partial charge in [-0.2, -0.15) is 0 Å². The van der Waals surface area contributed by atoms with E-state index in [1.165, 1.54) is 7.11 Å². The monoisotopic (exact) mass is 482 g/mol. The molecule has 0 saturated heterocycles. The maximum atomic E-state index is 12.9. The molecule has 36 heavy (non-hydrogen) atoms. The zero-order chi connectivity index (χ0) is 25.3. The fourth-order valence-corrected chi connectivity index (χ4v) is 4.73. The smallest absolute Gasteiger partial charge is 0.342 e. The number of fused-ring (bicyclic) bond motifs is 3. The molecule has 4 aromatic carbocycles. The van der Waals surface area contributed by atoms with E-state index in [1.54, 1.807) is 21.3 Å². The molecule has 1 aliphatic rings. The minimum Gasteiger partial charge on any atom is -0.497 e. The largest absolute Gasteiger partial charge is 0.497 e. The summed E-state index contributed by atoms with van der Waals surface area (Å²) in [6.45, 7) is 0. The molecule has 0 saturated carbocycles. The van der Waals surface area contributed by atoms with Gasteiger partial charge in [0.2, 0.25) is 0 Å². The summed E-state index contributed by atoms with van der Waals surface area (Å²) in [5, 5.41) is 1.58. The van der Waals surface area contributed by atoms with E-state index in [2.05, 4.69) is 0 Å². The fourth-order valence-electron chi connectivity index (χ4n) is 4.73. The van der Waals surface area contributed by atoms with Crippen molar-refractivity contribution in [3.63, 3.8) is 0 Å². The lowest BCUT2D eigenvalue weighted by molar-refractivity contribution is 0.0595. The highest BCUT2D eigenvalue weighted by Gasteiger charge is 2.40.